The van der Waals surface area contributed by atoms with Gasteiger partial charge in [0.25, 0.3) is 0 Å². The quantitative estimate of drug-likeness (QED) is 0.0798. The Kier molecular flexibility index (Phi) is 18.0. The maximum Gasteiger partial charge on any atom is 0.317 e. The lowest BCUT2D eigenvalue weighted by Gasteiger charge is -2.35. The molecule has 2 fully saturated rings. The summed E-state index contributed by atoms with van der Waals surface area (Å²) in [5.74, 6) is -7.42. The van der Waals surface area contributed by atoms with Crippen molar-refractivity contribution < 1.29 is 68.3 Å². The number of carbonyl (C=O) groups is 9. The maximum atomic E-state index is 14.5. The number of carboxylic acid groups (broad SMARTS) is 3. The molecule has 70 heavy (non-hydrogen) atoms. The van der Waals surface area contributed by atoms with E-state index in [1.54, 1.807) is 34.9 Å². The number of ether oxygens (including phenoxy) is 1. The number of esters is 1. The number of cyclic esters (lactones) is 1. The van der Waals surface area contributed by atoms with Crippen LogP contribution >= 0.6 is 0 Å². The fourth-order valence-electron chi connectivity index (χ4n) is 9.62. The number of hydrogen-bond acceptors (Lipinski definition) is 14. The second kappa shape index (κ2) is 23.9. The van der Waals surface area contributed by atoms with Gasteiger partial charge >= 0.3 is 23.9 Å². The van der Waals surface area contributed by atoms with E-state index < -0.39 is 102 Å². The Morgan fingerprint density at radius 2 is 1.40 bits per heavy atom. The number of carbonyl (C=O) groups excluding carboxylic acids is 6. The summed E-state index contributed by atoms with van der Waals surface area (Å²) in [6, 6.07) is 6.95. The molecule has 0 aliphatic carbocycles. The first-order chi connectivity index (χ1) is 33.3. The van der Waals surface area contributed by atoms with Crippen LogP contribution in [-0.2, 0) is 73.7 Å². The standard InChI is InChI=1S/C48H64N8O14/c1-4-28(2)42(45(66)50-34-13-12-31-6-5-7-32-23-36(56(43(31)32)47(34)68)44(65)51-35-24-41(64)70-48(35)69)52(3)46(67)33(14-15-38(58)59)49-37(57)22-29-8-10-30(11-9-29)25-53-16-18-54(26-39(60)61)20-21-55(19-17-53)27-40(62)63/h5-11,28,33-36,42,48,69H,4,12-27H2,1-3H3,(H,49,57)(H,50,66)(H,51,65)(H,58,59)(H,60,61)(H,62,63)/t28-,33-,34-,35?,36-,42-,48?/m0/s1. The highest BCUT2D eigenvalue weighted by molar-refractivity contribution is 6.08. The summed E-state index contributed by atoms with van der Waals surface area (Å²) in [6.45, 7) is 6.57. The molecule has 2 aromatic rings. The molecule has 2 aromatic carbocycles. The molecular weight excluding hydrogens is 913 g/mol. The van der Waals surface area contributed by atoms with E-state index in [2.05, 4.69) is 20.9 Å². The topological polar surface area (TPSA) is 296 Å². The third kappa shape index (κ3) is 13.6. The van der Waals surface area contributed by atoms with Gasteiger partial charge in [0.1, 0.15) is 30.2 Å². The van der Waals surface area contributed by atoms with Crippen molar-refractivity contribution in [2.45, 2.75) is 108 Å². The van der Waals surface area contributed by atoms with Crippen LogP contribution in [0.4, 0.5) is 5.69 Å². The molecule has 2 unspecified atom stereocenters. The second-order valence-corrected chi connectivity index (χ2v) is 18.6. The number of carboxylic acids is 3. The molecule has 0 radical (unpaired) electrons. The summed E-state index contributed by atoms with van der Waals surface area (Å²) in [6.07, 6.45) is -1.60. The van der Waals surface area contributed by atoms with E-state index in [1.807, 2.05) is 31.2 Å². The number of amides is 5. The Labute approximate surface area is 405 Å². The van der Waals surface area contributed by atoms with Gasteiger partial charge in [0.05, 0.1) is 31.6 Å². The normalized spacial score (nSPS) is 22.2. The summed E-state index contributed by atoms with van der Waals surface area (Å²) in [5, 5.41) is 46.7. The molecule has 7 N–H and O–H groups in total. The van der Waals surface area contributed by atoms with Crippen LogP contribution in [0.15, 0.2) is 42.5 Å². The van der Waals surface area contributed by atoms with Crippen LogP contribution in [0.5, 0.6) is 0 Å². The van der Waals surface area contributed by atoms with Gasteiger partial charge in [0.2, 0.25) is 35.8 Å². The van der Waals surface area contributed by atoms with Gasteiger partial charge in [-0.25, -0.2) is 0 Å². The van der Waals surface area contributed by atoms with Gasteiger partial charge in [-0.15, -0.1) is 0 Å². The minimum absolute atomic E-state index is 0.148. The number of anilines is 1. The Bertz CT molecular complexity index is 2270. The van der Waals surface area contributed by atoms with E-state index >= 15 is 0 Å². The number of likely N-dealkylation sites (N-methyl/N-ethyl adjacent to an activating group) is 1. The van der Waals surface area contributed by atoms with Crippen LogP contribution in [-0.4, -0.2) is 189 Å². The fraction of sp³-hybridized carbons (Fsp3) is 0.562. The van der Waals surface area contributed by atoms with Gasteiger partial charge in [-0.3, -0.25) is 62.8 Å². The monoisotopic (exact) mass is 976 g/mol. The Balaban J connectivity index is 1.11. The lowest BCUT2D eigenvalue weighted by Crippen LogP contribution is -2.60. The Hall–Kier alpha value is -6.49. The van der Waals surface area contributed by atoms with Gasteiger partial charge in [0.15, 0.2) is 0 Å². The van der Waals surface area contributed by atoms with E-state index in [4.69, 9.17) is 4.74 Å². The Morgan fingerprint density at radius 3 is 1.97 bits per heavy atom. The Morgan fingerprint density at radius 1 is 0.800 bits per heavy atom. The van der Waals surface area contributed by atoms with E-state index in [0.29, 0.717) is 69.9 Å². The second-order valence-electron chi connectivity index (χ2n) is 18.6. The van der Waals surface area contributed by atoms with Crippen molar-refractivity contribution in [1.29, 1.82) is 0 Å². The molecule has 0 aromatic heterocycles. The van der Waals surface area contributed by atoms with Crippen LogP contribution in [0.25, 0.3) is 0 Å². The lowest BCUT2D eigenvalue weighted by molar-refractivity contribution is -0.155. The third-order valence-electron chi connectivity index (χ3n) is 13.5. The van der Waals surface area contributed by atoms with Crippen molar-refractivity contribution in [2.24, 2.45) is 5.92 Å². The number of aliphatic hydroxyl groups excluding tert-OH is 1. The van der Waals surface area contributed by atoms with Crippen molar-refractivity contribution in [3.63, 3.8) is 0 Å². The number of para-hydroxylation sites is 1. The molecule has 2 saturated heterocycles. The summed E-state index contributed by atoms with van der Waals surface area (Å²) in [5.41, 5.74) is 3.57. The zero-order valence-corrected chi connectivity index (χ0v) is 39.7. The highest BCUT2D eigenvalue weighted by Crippen LogP contribution is 2.39. The molecule has 7 atom stereocenters. The van der Waals surface area contributed by atoms with Crippen molar-refractivity contribution in [2.75, 3.05) is 64.3 Å². The molecule has 4 heterocycles. The largest absolute Gasteiger partial charge is 0.481 e. The average Bonchev–Trinajstić information content (AvgIpc) is 3.84. The molecule has 6 rings (SSSR count). The third-order valence-corrected chi connectivity index (χ3v) is 13.5. The van der Waals surface area contributed by atoms with Crippen LogP contribution < -0.4 is 20.9 Å². The van der Waals surface area contributed by atoms with Gasteiger partial charge in [-0.1, -0.05) is 62.7 Å². The number of nitrogens with zero attached hydrogens (tertiary/aromatic N) is 5. The number of nitrogens with one attached hydrogen (secondary N) is 3. The number of rotatable bonds is 20. The predicted octanol–water partition coefficient (Wildman–Crippen LogP) is -0.820. The van der Waals surface area contributed by atoms with E-state index in [-0.39, 0.29) is 45.2 Å². The zero-order chi connectivity index (χ0) is 50.8. The molecule has 4 aliphatic heterocycles. The lowest BCUT2D eigenvalue weighted by atomic mass is 9.95. The van der Waals surface area contributed by atoms with Crippen LogP contribution in [0.2, 0.25) is 0 Å². The van der Waals surface area contributed by atoms with Gasteiger partial charge < -0.3 is 46.0 Å². The molecule has 5 amide bonds. The van der Waals surface area contributed by atoms with E-state index in [9.17, 15) is 63.6 Å². The zero-order valence-electron chi connectivity index (χ0n) is 39.7. The van der Waals surface area contributed by atoms with Gasteiger partial charge in [0, 0.05) is 65.7 Å². The van der Waals surface area contributed by atoms with Crippen LogP contribution in [0.1, 0.15) is 68.2 Å². The molecule has 0 saturated carbocycles. The highest BCUT2D eigenvalue weighted by atomic mass is 16.6. The molecule has 22 nitrogen and oxygen atoms in total. The predicted molar refractivity (Wildman–Crippen MR) is 249 cm³/mol. The highest BCUT2D eigenvalue weighted by Gasteiger charge is 2.46. The van der Waals surface area contributed by atoms with Gasteiger partial charge in [-0.05, 0) is 47.4 Å². The van der Waals surface area contributed by atoms with Crippen molar-refractivity contribution in [1.82, 2.24) is 35.6 Å². The van der Waals surface area contributed by atoms with E-state index in [0.717, 1.165) is 16.7 Å². The smallest absolute Gasteiger partial charge is 0.317 e. The summed E-state index contributed by atoms with van der Waals surface area (Å²) < 4.78 is 4.78. The SMILES string of the molecule is CC[C@H](C)[C@@H](C(=O)N[C@H]1CCc2cccc3c2N(C1=O)[C@H](C(=O)NC1CC(=O)OC1O)C3)N(C)C(=O)[C@H](CCC(=O)O)NC(=O)Cc1ccc(CN2CCN(CC(=O)O)CCN(CC(=O)O)CC2)cc1. The number of aryl methyl sites for hydroxylation is 1. The molecule has 380 valence electrons. The fourth-order valence-corrected chi connectivity index (χ4v) is 9.62. The first kappa shape index (κ1) is 52.9. The van der Waals surface area contributed by atoms with Crippen molar-refractivity contribution in [3.05, 3.63) is 64.7 Å². The molecule has 22 heteroatoms. The number of hydrogen-bond donors (Lipinski definition) is 7. The van der Waals surface area contributed by atoms with Crippen LogP contribution in [0, 0.1) is 5.92 Å². The summed E-state index contributed by atoms with van der Waals surface area (Å²) >= 11 is 0. The number of benzene rings is 2. The molecule has 4 aliphatic rings. The average molecular weight is 977 g/mol. The maximum absolute atomic E-state index is 14.5. The number of aliphatic hydroxyl groups is 1. The molecule has 0 spiro atoms. The van der Waals surface area contributed by atoms with Gasteiger partial charge in [-0.2, -0.15) is 0 Å². The molecular formula is C48H64N8O14. The van der Waals surface area contributed by atoms with Crippen molar-refractivity contribution >= 4 is 59.1 Å². The first-order valence-corrected chi connectivity index (χ1v) is 23.7. The number of aliphatic carboxylic acids is 3. The van der Waals surface area contributed by atoms with Crippen LogP contribution in [0.3, 0.4) is 0 Å². The molecule has 0 bridgehead atoms. The summed E-state index contributed by atoms with van der Waals surface area (Å²) in [4.78, 5) is 125. The van der Waals surface area contributed by atoms with E-state index in [1.165, 1.54) is 16.8 Å². The minimum atomic E-state index is -1.54. The summed E-state index contributed by atoms with van der Waals surface area (Å²) in [7, 11) is 1.39. The minimum Gasteiger partial charge on any atom is -0.481 e. The van der Waals surface area contributed by atoms with Crippen molar-refractivity contribution in [3.8, 4) is 0 Å². The first-order valence-electron chi connectivity index (χ1n) is 23.7.